The molecular formula is C16H22FNO2. The van der Waals surface area contributed by atoms with Crippen LogP contribution in [0.3, 0.4) is 0 Å². The number of phenols is 1. The highest BCUT2D eigenvalue weighted by Gasteiger charge is 2.21. The molecule has 3 nitrogen and oxygen atoms in total. The normalized spacial score (nSPS) is 17.1. The number of benzene rings is 1. The molecule has 1 aliphatic rings. The molecule has 0 aliphatic heterocycles. The monoisotopic (exact) mass is 279 g/mol. The van der Waals surface area contributed by atoms with Crippen LogP contribution in [0.25, 0.3) is 0 Å². The van der Waals surface area contributed by atoms with E-state index in [1.165, 1.54) is 31.7 Å². The first-order chi connectivity index (χ1) is 9.58. The standard InChI is InChI=1S/C16H22FNO2/c1-18(13-6-4-2-3-5-7-13)11-16(20)14-10-12(17)8-9-15(14)19/h8-10,13,19H,2-7,11H2,1H3. The average Bonchev–Trinajstić information content (AvgIpc) is 2.70. The van der Waals surface area contributed by atoms with Gasteiger partial charge in [0.15, 0.2) is 5.78 Å². The number of hydrogen-bond acceptors (Lipinski definition) is 3. The topological polar surface area (TPSA) is 40.5 Å². The lowest BCUT2D eigenvalue weighted by Gasteiger charge is -2.26. The van der Waals surface area contributed by atoms with Gasteiger partial charge in [-0.15, -0.1) is 0 Å². The summed E-state index contributed by atoms with van der Waals surface area (Å²) in [6, 6.07) is 3.91. The molecule has 0 amide bonds. The fourth-order valence-electron chi connectivity index (χ4n) is 2.87. The molecule has 1 aliphatic carbocycles. The van der Waals surface area contributed by atoms with Crippen LogP contribution in [-0.2, 0) is 0 Å². The van der Waals surface area contributed by atoms with Crippen molar-refractivity contribution in [2.45, 2.75) is 44.6 Å². The van der Waals surface area contributed by atoms with Crippen LogP contribution in [0, 0.1) is 5.82 Å². The van der Waals surface area contributed by atoms with Gasteiger partial charge in [-0.1, -0.05) is 25.7 Å². The maximum absolute atomic E-state index is 13.2. The van der Waals surface area contributed by atoms with E-state index < -0.39 is 5.82 Å². The highest BCUT2D eigenvalue weighted by atomic mass is 19.1. The first-order valence-electron chi connectivity index (χ1n) is 7.30. The van der Waals surface area contributed by atoms with E-state index in [1.54, 1.807) is 0 Å². The van der Waals surface area contributed by atoms with Crippen LogP contribution in [0.15, 0.2) is 18.2 Å². The van der Waals surface area contributed by atoms with Crippen molar-refractivity contribution in [3.05, 3.63) is 29.6 Å². The number of rotatable bonds is 4. The van der Waals surface area contributed by atoms with Crippen molar-refractivity contribution >= 4 is 5.78 Å². The molecule has 0 spiro atoms. The quantitative estimate of drug-likeness (QED) is 0.678. The summed E-state index contributed by atoms with van der Waals surface area (Å²) in [6.07, 6.45) is 7.16. The Labute approximate surface area is 119 Å². The molecule has 1 N–H and O–H groups in total. The number of carbonyl (C=O) groups excluding carboxylic acids is 1. The smallest absolute Gasteiger partial charge is 0.180 e. The zero-order valence-corrected chi connectivity index (χ0v) is 11.9. The Morgan fingerprint density at radius 1 is 1.30 bits per heavy atom. The van der Waals surface area contributed by atoms with Gasteiger partial charge in [0.2, 0.25) is 0 Å². The molecule has 0 heterocycles. The van der Waals surface area contributed by atoms with Gasteiger partial charge < -0.3 is 5.11 Å². The predicted molar refractivity (Wildman–Crippen MR) is 76.5 cm³/mol. The van der Waals surface area contributed by atoms with Gasteiger partial charge in [0.05, 0.1) is 12.1 Å². The molecule has 0 unspecified atom stereocenters. The number of carbonyl (C=O) groups is 1. The second-order valence-corrected chi connectivity index (χ2v) is 5.65. The van der Waals surface area contributed by atoms with Gasteiger partial charge in [-0.3, -0.25) is 9.69 Å². The number of phenolic OH excluding ortho intramolecular Hbond substituents is 1. The Morgan fingerprint density at radius 3 is 2.60 bits per heavy atom. The van der Waals surface area contributed by atoms with Gasteiger partial charge in [-0.05, 0) is 38.1 Å². The van der Waals surface area contributed by atoms with E-state index in [9.17, 15) is 14.3 Å². The van der Waals surface area contributed by atoms with Gasteiger partial charge >= 0.3 is 0 Å². The third-order valence-corrected chi connectivity index (χ3v) is 4.10. The van der Waals surface area contributed by atoms with Crippen molar-refractivity contribution in [2.75, 3.05) is 13.6 Å². The summed E-state index contributed by atoms with van der Waals surface area (Å²) in [5.41, 5.74) is 0.0745. The Morgan fingerprint density at radius 2 is 1.95 bits per heavy atom. The number of nitrogens with zero attached hydrogens (tertiary/aromatic N) is 1. The molecule has 1 aromatic rings. The predicted octanol–water partition coefficient (Wildman–Crippen LogP) is 3.37. The molecule has 1 saturated carbocycles. The van der Waals surface area contributed by atoms with E-state index in [4.69, 9.17) is 0 Å². The number of hydrogen-bond donors (Lipinski definition) is 1. The minimum atomic E-state index is -0.497. The molecule has 0 radical (unpaired) electrons. The third kappa shape index (κ3) is 3.79. The molecule has 2 rings (SSSR count). The van der Waals surface area contributed by atoms with E-state index in [-0.39, 0.29) is 23.6 Å². The fraction of sp³-hybridized carbons (Fsp3) is 0.562. The average molecular weight is 279 g/mol. The molecule has 0 bridgehead atoms. The van der Waals surface area contributed by atoms with E-state index >= 15 is 0 Å². The lowest BCUT2D eigenvalue weighted by atomic mass is 10.1. The van der Waals surface area contributed by atoms with Crippen LogP contribution in [-0.4, -0.2) is 35.4 Å². The number of ketones is 1. The van der Waals surface area contributed by atoms with Gasteiger partial charge in [-0.25, -0.2) is 4.39 Å². The van der Waals surface area contributed by atoms with Crippen LogP contribution < -0.4 is 0 Å². The lowest BCUT2D eigenvalue weighted by Crippen LogP contribution is -2.35. The number of halogens is 1. The number of likely N-dealkylation sites (N-methyl/N-ethyl adjacent to an activating group) is 1. The number of Topliss-reactive ketones (excluding diaryl/α,β-unsaturated/α-hetero) is 1. The van der Waals surface area contributed by atoms with Crippen molar-refractivity contribution in [3.63, 3.8) is 0 Å². The second kappa shape index (κ2) is 6.84. The molecule has 4 heteroatoms. The molecule has 20 heavy (non-hydrogen) atoms. The fourth-order valence-corrected chi connectivity index (χ4v) is 2.87. The maximum atomic E-state index is 13.2. The van der Waals surface area contributed by atoms with Crippen molar-refractivity contribution in [1.82, 2.24) is 4.90 Å². The van der Waals surface area contributed by atoms with Gasteiger partial charge in [0.1, 0.15) is 11.6 Å². The van der Waals surface area contributed by atoms with E-state index in [0.29, 0.717) is 6.04 Å². The molecule has 1 fully saturated rings. The number of aromatic hydroxyl groups is 1. The van der Waals surface area contributed by atoms with E-state index in [0.717, 1.165) is 25.0 Å². The van der Waals surface area contributed by atoms with Crippen LogP contribution >= 0.6 is 0 Å². The zero-order valence-electron chi connectivity index (χ0n) is 11.9. The molecule has 1 aromatic carbocycles. The van der Waals surface area contributed by atoms with Gasteiger partial charge in [-0.2, -0.15) is 0 Å². The second-order valence-electron chi connectivity index (χ2n) is 5.65. The van der Waals surface area contributed by atoms with Crippen molar-refractivity contribution in [3.8, 4) is 5.75 Å². The molecular weight excluding hydrogens is 257 g/mol. The summed E-state index contributed by atoms with van der Waals surface area (Å²) in [5, 5.41) is 9.67. The Hall–Kier alpha value is -1.42. The van der Waals surface area contributed by atoms with Gasteiger partial charge in [0.25, 0.3) is 0 Å². The zero-order chi connectivity index (χ0) is 14.5. The Kier molecular flexibility index (Phi) is 5.12. The molecule has 0 saturated heterocycles. The highest BCUT2D eigenvalue weighted by Crippen LogP contribution is 2.23. The molecule has 0 aromatic heterocycles. The van der Waals surface area contributed by atoms with Crippen LogP contribution in [0.4, 0.5) is 4.39 Å². The lowest BCUT2D eigenvalue weighted by molar-refractivity contribution is 0.0909. The van der Waals surface area contributed by atoms with E-state index in [1.807, 2.05) is 11.9 Å². The summed E-state index contributed by atoms with van der Waals surface area (Å²) < 4.78 is 13.2. The van der Waals surface area contributed by atoms with Crippen molar-refractivity contribution < 1.29 is 14.3 Å². The summed E-state index contributed by atoms with van der Waals surface area (Å²) >= 11 is 0. The first-order valence-corrected chi connectivity index (χ1v) is 7.30. The summed E-state index contributed by atoms with van der Waals surface area (Å²) in [7, 11) is 1.93. The van der Waals surface area contributed by atoms with E-state index in [2.05, 4.69) is 0 Å². The summed E-state index contributed by atoms with van der Waals surface area (Å²) in [5.74, 6) is -0.873. The SMILES string of the molecule is CN(CC(=O)c1cc(F)ccc1O)C1CCCCCC1. The highest BCUT2D eigenvalue weighted by molar-refractivity contribution is 6.00. The minimum absolute atomic E-state index is 0.0745. The minimum Gasteiger partial charge on any atom is -0.507 e. The van der Waals surface area contributed by atoms with Crippen molar-refractivity contribution in [1.29, 1.82) is 0 Å². The summed E-state index contributed by atoms with van der Waals surface area (Å²) in [4.78, 5) is 14.2. The first kappa shape index (κ1) is 15.0. The Bertz CT molecular complexity index is 468. The Balaban J connectivity index is 2.01. The molecule has 0 atom stereocenters. The molecule has 110 valence electrons. The van der Waals surface area contributed by atoms with Crippen LogP contribution in [0.2, 0.25) is 0 Å². The maximum Gasteiger partial charge on any atom is 0.180 e. The van der Waals surface area contributed by atoms with Crippen LogP contribution in [0.5, 0.6) is 5.75 Å². The van der Waals surface area contributed by atoms with Crippen molar-refractivity contribution in [2.24, 2.45) is 0 Å². The largest absolute Gasteiger partial charge is 0.507 e. The summed E-state index contributed by atoms with van der Waals surface area (Å²) in [6.45, 7) is 0.224. The van der Waals surface area contributed by atoms with Crippen LogP contribution in [0.1, 0.15) is 48.9 Å². The van der Waals surface area contributed by atoms with Gasteiger partial charge in [0, 0.05) is 6.04 Å². The third-order valence-electron chi connectivity index (χ3n) is 4.10.